The van der Waals surface area contributed by atoms with Crippen molar-refractivity contribution in [2.24, 2.45) is 0 Å². The van der Waals surface area contributed by atoms with E-state index in [0.717, 1.165) is 54.0 Å². The lowest BCUT2D eigenvalue weighted by Crippen LogP contribution is -2.28. The number of hydroxylamine groups is 1. The normalized spacial score (nSPS) is 13.4. The molecular formula is C22H22N4O3. The summed E-state index contributed by atoms with van der Waals surface area (Å²) in [6, 6.07) is 13.4. The summed E-state index contributed by atoms with van der Waals surface area (Å²) in [5.41, 5.74) is 5.13. The van der Waals surface area contributed by atoms with Crippen LogP contribution in [0.3, 0.4) is 0 Å². The van der Waals surface area contributed by atoms with Crippen molar-refractivity contribution in [1.82, 2.24) is 15.0 Å². The SMILES string of the molecule is O=C(/C=C/c1ccc(CNc2ccc3nc4n(c(=O)c3c2)CCCC4)cc1)NO. The van der Waals surface area contributed by atoms with Crippen molar-refractivity contribution in [3.63, 3.8) is 0 Å². The summed E-state index contributed by atoms with van der Waals surface area (Å²) in [6.07, 6.45) is 5.84. The second kappa shape index (κ2) is 8.28. The van der Waals surface area contributed by atoms with E-state index in [2.05, 4.69) is 10.3 Å². The van der Waals surface area contributed by atoms with Crippen LogP contribution in [0.1, 0.15) is 29.8 Å². The van der Waals surface area contributed by atoms with Crippen molar-refractivity contribution in [3.8, 4) is 0 Å². The van der Waals surface area contributed by atoms with Crippen LogP contribution < -0.4 is 16.4 Å². The van der Waals surface area contributed by atoms with E-state index in [-0.39, 0.29) is 5.56 Å². The largest absolute Gasteiger partial charge is 0.381 e. The standard InChI is InChI=1S/C22H22N4O3/c27-21(25-29)11-8-15-4-6-16(7-5-15)14-23-17-9-10-19-18(13-17)22(28)26-12-2-1-3-20(26)24-19/h4-11,13,23,29H,1-3,12,14H2,(H,25,27)/b11-8+. The van der Waals surface area contributed by atoms with Gasteiger partial charge in [-0.15, -0.1) is 0 Å². The minimum Gasteiger partial charge on any atom is -0.381 e. The lowest BCUT2D eigenvalue weighted by Gasteiger charge is -2.18. The summed E-state index contributed by atoms with van der Waals surface area (Å²) in [4.78, 5) is 28.5. The predicted octanol–water partition coefficient (Wildman–Crippen LogP) is 2.86. The number of carbonyl (C=O) groups excluding carboxylic acids is 1. The van der Waals surface area contributed by atoms with Gasteiger partial charge in [0.15, 0.2) is 0 Å². The van der Waals surface area contributed by atoms with E-state index in [9.17, 15) is 9.59 Å². The van der Waals surface area contributed by atoms with E-state index in [0.29, 0.717) is 11.9 Å². The molecule has 0 saturated carbocycles. The molecule has 0 radical (unpaired) electrons. The fourth-order valence-electron chi connectivity index (χ4n) is 3.51. The number of benzene rings is 2. The van der Waals surface area contributed by atoms with Crippen molar-refractivity contribution in [3.05, 3.63) is 75.8 Å². The van der Waals surface area contributed by atoms with Crippen molar-refractivity contribution < 1.29 is 10.0 Å². The fourth-order valence-corrected chi connectivity index (χ4v) is 3.51. The highest BCUT2D eigenvalue weighted by molar-refractivity contribution is 5.90. The quantitative estimate of drug-likeness (QED) is 0.354. The maximum absolute atomic E-state index is 12.8. The third-order valence-corrected chi connectivity index (χ3v) is 5.08. The Bertz CT molecular complexity index is 1130. The van der Waals surface area contributed by atoms with Crippen LogP contribution in [-0.2, 0) is 24.3 Å². The minimum absolute atomic E-state index is 0.0383. The summed E-state index contributed by atoms with van der Waals surface area (Å²) in [5, 5.41) is 12.5. The Hall–Kier alpha value is -3.45. The third kappa shape index (κ3) is 4.20. The molecule has 29 heavy (non-hydrogen) atoms. The van der Waals surface area contributed by atoms with Crippen LogP contribution in [0.25, 0.3) is 17.0 Å². The van der Waals surface area contributed by atoms with Gasteiger partial charge < -0.3 is 5.32 Å². The van der Waals surface area contributed by atoms with Gasteiger partial charge in [0.1, 0.15) is 5.82 Å². The maximum Gasteiger partial charge on any atom is 0.267 e. The van der Waals surface area contributed by atoms with Gasteiger partial charge >= 0.3 is 0 Å². The summed E-state index contributed by atoms with van der Waals surface area (Å²) < 4.78 is 1.80. The number of hydrogen-bond acceptors (Lipinski definition) is 5. The molecule has 7 nitrogen and oxygen atoms in total. The first-order valence-corrected chi connectivity index (χ1v) is 9.62. The van der Waals surface area contributed by atoms with Crippen molar-refractivity contribution >= 4 is 28.6 Å². The Kier molecular flexibility index (Phi) is 5.39. The number of aryl methyl sites for hydroxylation is 1. The molecule has 3 aromatic rings. The maximum atomic E-state index is 12.8. The number of rotatable bonds is 5. The molecule has 2 aromatic carbocycles. The second-order valence-electron chi connectivity index (χ2n) is 7.08. The molecule has 0 spiro atoms. The van der Waals surface area contributed by atoms with Gasteiger partial charge in [-0.25, -0.2) is 10.5 Å². The van der Waals surface area contributed by atoms with E-state index in [1.165, 1.54) is 6.08 Å². The number of amides is 1. The average molecular weight is 390 g/mol. The molecule has 0 unspecified atom stereocenters. The van der Waals surface area contributed by atoms with Gasteiger partial charge in [-0.1, -0.05) is 24.3 Å². The molecular weight excluding hydrogens is 368 g/mol. The summed E-state index contributed by atoms with van der Waals surface area (Å²) in [7, 11) is 0. The average Bonchev–Trinajstić information content (AvgIpc) is 2.77. The van der Waals surface area contributed by atoms with Gasteiger partial charge in [0.05, 0.1) is 10.9 Å². The number of anilines is 1. The van der Waals surface area contributed by atoms with E-state index in [1.807, 2.05) is 42.5 Å². The Labute approximate surface area is 167 Å². The molecule has 1 aromatic heterocycles. The molecule has 1 amide bonds. The minimum atomic E-state index is -0.571. The number of nitrogens with zero attached hydrogens (tertiary/aromatic N) is 2. The van der Waals surface area contributed by atoms with Crippen LogP contribution >= 0.6 is 0 Å². The highest BCUT2D eigenvalue weighted by Gasteiger charge is 2.14. The number of hydrogen-bond donors (Lipinski definition) is 3. The van der Waals surface area contributed by atoms with Gasteiger partial charge in [-0.3, -0.25) is 19.4 Å². The lowest BCUT2D eigenvalue weighted by atomic mass is 10.1. The second-order valence-corrected chi connectivity index (χ2v) is 7.08. The molecule has 0 fully saturated rings. The fraction of sp³-hybridized carbons (Fsp3) is 0.227. The van der Waals surface area contributed by atoms with Crippen LogP contribution in [0.2, 0.25) is 0 Å². The zero-order valence-electron chi connectivity index (χ0n) is 15.9. The Balaban J connectivity index is 1.48. The van der Waals surface area contributed by atoms with Crippen LogP contribution in [0.4, 0.5) is 5.69 Å². The molecule has 2 heterocycles. The lowest BCUT2D eigenvalue weighted by molar-refractivity contribution is -0.124. The van der Waals surface area contributed by atoms with E-state index in [1.54, 1.807) is 16.1 Å². The first kappa shape index (κ1) is 18.9. The molecule has 0 atom stereocenters. The van der Waals surface area contributed by atoms with Gasteiger partial charge in [0, 0.05) is 31.3 Å². The predicted molar refractivity (Wildman–Crippen MR) is 112 cm³/mol. The molecule has 1 aliphatic rings. The number of nitrogens with one attached hydrogen (secondary N) is 2. The van der Waals surface area contributed by atoms with Crippen LogP contribution in [0, 0.1) is 0 Å². The molecule has 3 N–H and O–H groups in total. The van der Waals surface area contributed by atoms with Gasteiger partial charge in [-0.2, -0.15) is 0 Å². The van der Waals surface area contributed by atoms with Crippen LogP contribution in [0.15, 0.2) is 53.3 Å². The zero-order chi connectivity index (χ0) is 20.2. The Morgan fingerprint density at radius 1 is 1.17 bits per heavy atom. The third-order valence-electron chi connectivity index (χ3n) is 5.08. The number of fused-ring (bicyclic) bond motifs is 2. The highest BCUT2D eigenvalue weighted by atomic mass is 16.5. The smallest absolute Gasteiger partial charge is 0.267 e. The van der Waals surface area contributed by atoms with Gasteiger partial charge in [0.2, 0.25) is 0 Å². The molecule has 0 bridgehead atoms. The van der Waals surface area contributed by atoms with E-state index < -0.39 is 5.91 Å². The Morgan fingerprint density at radius 3 is 2.79 bits per heavy atom. The monoisotopic (exact) mass is 390 g/mol. The summed E-state index contributed by atoms with van der Waals surface area (Å²) >= 11 is 0. The Morgan fingerprint density at radius 2 is 2.00 bits per heavy atom. The first-order valence-electron chi connectivity index (χ1n) is 9.62. The van der Waals surface area contributed by atoms with Gasteiger partial charge in [-0.05, 0) is 48.2 Å². The highest BCUT2D eigenvalue weighted by Crippen LogP contribution is 2.19. The van der Waals surface area contributed by atoms with Crippen molar-refractivity contribution in [2.45, 2.75) is 32.4 Å². The van der Waals surface area contributed by atoms with Gasteiger partial charge in [0.25, 0.3) is 11.5 Å². The molecule has 7 heteroatoms. The summed E-state index contributed by atoms with van der Waals surface area (Å²) in [5.74, 6) is 0.318. The molecule has 148 valence electrons. The number of aromatic nitrogens is 2. The van der Waals surface area contributed by atoms with Crippen molar-refractivity contribution in [2.75, 3.05) is 5.32 Å². The topological polar surface area (TPSA) is 96.2 Å². The molecule has 0 aliphatic carbocycles. The van der Waals surface area contributed by atoms with Crippen LogP contribution in [0.5, 0.6) is 0 Å². The molecule has 4 rings (SSSR count). The zero-order valence-corrected chi connectivity index (χ0v) is 15.9. The van der Waals surface area contributed by atoms with E-state index >= 15 is 0 Å². The summed E-state index contributed by atoms with van der Waals surface area (Å²) in [6.45, 7) is 1.35. The first-order chi connectivity index (χ1) is 14.1. The number of carbonyl (C=O) groups is 1. The van der Waals surface area contributed by atoms with Crippen LogP contribution in [-0.4, -0.2) is 20.7 Å². The molecule has 1 aliphatic heterocycles. The van der Waals surface area contributed by atoms with E-state index in [4.69, 9.17) is 5.21 Å². The molecule has 0 saturated heterocycles. The van der Waals surface area contributed by atoms with Crippen molar-refractivity contribution in [1.29, 1.82) is 0 Å².